The molecule has 37 heavy (non-hydrogen) atoms. The number of likely N-dealkylation sites (tertiary alicyclic amines) is 1. The molecule has 5 rings (SSSR count). The molecular formula is C27H26N6O4. The minimum Gasteiger partial charge on any atom is -0.496 e. The molecule has 2 aromatic heterocycles. The zero-order chi connectivity index (χ0) is 26.1. The summed E-state index contributed by atoms with van der Waals surface area (Å²) in [5.74, 6) is 7.20. The predicted octanol–water partition coefficient (Wildman–Crippen LogP) is 3.07. The van der Waals surface area contributed by atoms with E-state index in [1.807, 2.05) is 25.1 Å². The van der Waals surface area contributed by atoms with Gasteiger partial charge in [-0.15, -0.1) is 0 Å². The van der Waals surface area contributed by atoms with E-state index in [1.54, 1.807) is 47.8 Å². The number of hydrogen-bond donors (Lipinski definition) is 1. The van der Waals surface area contributed by atoms with Gasteiger partial charge in [0.2, 0.25) is 0 Å². The van der Waals surface area contributed by atoms with Gasteiger partial charge in [-0.25, -0.2) is 14.8 Å². The maximum Gasteiger partial charge on any atom is 0.335 e. The molecule has 0 saturated carbocycles. The number of rotatable bonds is 5. The van der Waals surface area contributed by atoms with Crippen LogP contribution in [0.4, 0.5) is 5.82 Å². The van der Waals surface area contributed by atoms with Crippen LogP contribution < -0.4 is 20.9 Å². The monoisotopic (exact) mass is 498 g/mol. The Morgan fingerprint density at radius 3 is 2.59 bits per heavy atom. The predicted molar refractivity (Wildman–Crippen MR) is 139 cm³/mol. The van der Waals surface area contributed by atoms with Gasteiger partial charge < -0.3 is 20.1 Å². The Hall–Kier alpha value is -4.78. The fourth-order valence-electron chi connectivity index (χ4n) is 4.67. The van der Waals surface area contributed by atoms with Crippen LogP contribution in [0.2, 0.25) is 0 Å². The first-order valence-electron chi connectivity index (χ1n) is 11.8. The minimum atomic E-state index is -0.303. The molecule has 1 fully saturated rings. The highest BCUT2D eigenvalue weighted by molar-refractivity contribution is 5.93. The smallest absolute Gasteiger partial charge is 0.335 e. The molecule has 1 aliphatic rings. The third-order valence-electron chi connectivity index (χ3n) is 6.43. The number of nitrogen functional groups attached to an aromatic ring is 1. The van der Waals surface area contributed by atoms with Crippen molar-refractivity contribution in [3.63, 3.8) is 0 Å². The van der Waals surface area contributed by atoms with Gasteiger partial charge in [0.25, 0.3) is 5.91 Å². The van der Waals surface area contributed by atoms with E-state index in [1.165, 1.54) is 10.9 Å². The number of fused-ring (bicyclic) bond motifs is 1. The number of aromatic nitrogens is 4. The van der Waals surface area contributed by atoms with Crippen LogP contribution in [-0.4, -0.2) is 50.1 Å². The van der Waals surface area contributed by atoms with E-state index in [9.17, 15) is 9.59 Å². The van der Waals surface area contributed by atoms with Crippen molar-refractivity contribution in [3.8, 4) is 34.8 Å². The number of ether oxygens (including phenoxy) is 2. The van der Waals surface area contributed by atoms with Crippen LogP contribution in [0.25, 0.3) is 16.9 Å². The molecule has 0 radical (unpaired) electrons. The van der Waals surface area contributed by atoms with E-state index in [-0.39, 0.29) is 23.5 Å². The Morgan fingerprint density at radius 1 is 1.14 bits per heavy atom. The Bertz CT molecular complexity index is 1610. The number of amides is 1. The molecule has 1 atom stereocenters. The summed E-state index contributed by atoms with van der Waals surface area (Å²) in [5.41, 5.74) is 8.31. The summed E-state index contributed by atoms with van der Waals surface area (Å²) in [6, 6.07) is 12.4. The Balaban J connectivity index is 1.50. The summed E-state index contributed by atoms with van der Waals surface area (Å²) in [4.78, 5) is 36.1. The lowest BCUT2D eigenvalue weighted by Crippen LogP contribution is -2.31. The van der Waals surface area contributed by atoms with E-state index in [2.05, 4.69) is 21.8 Å². The maximum atomic E-state index is 13.7. The van der Waals surface area contributed by atoms with Crippen LogP contribution in [0.15, 0.2) is 53.6 Å². The zero-order valence-corrected chi connectivity index (χ0v) is 20.8. The first-order chi connectivity index (χ1) is 17.9. The topological polar surface area (TPSA) is 118 Å². The van der Waals surface area contributed by atoms with Gasteiger partial charge in [-0.2, -0.15) is 0 Å². The Labute approximate surface area is 213 Å². The average Bonchev–Trinajstić information content (AvgIpc) is 3.48. The van der Waals surface area contributed by atoms with Crippen molar-refractivity contribution >= 4 is 22.9 Å². The van der Waals surface area contributed by atoms with Crippen molar-refractivity contribution in [2.45, 2.75) is 26.3 Å². The quantitative estimate of drug-likeness (QED) is 0.420. The molecule has 2 aromatic carbocycles. The first kappa shape index (κ1) is 23.9. The molecular weight excluding hydrogens is 472 g/mol. The molecule has 10 heteroatoms. The number of imidazole rings is 1. The largest absolute Gasteiger partial charge is 0.496 e. The fraction of sp³-hybridized carbons (Fsp3) is 0.259. The Kier molecular flexibility index (Phi) is 6.27. The highest BCUT2D eigenvalue weighted by Gasteiger charge is 2.31. The van der Waals surface area contributed by atoms with Crippen molar-refractivity contribution < 1.29 is 14.3 Å². The first-order valence-corrected chi connectivity index (χ1v) is 11.8. The molecule has 1 saturated heterocycles. The third-order valence-corrected chi connectivity index (χ3v) is 6.43. The average molecular weight is 499 g/mol. The van der Waals surface area contributed by atoms with E-state index in [4.69, 9.17) is 15.2 Å². The molecule has 188 valence electrons. The van der Waals surface area contributed by atoms with Crippen LogP contribution in [0.1, 0.15) is 24.9 Å². The van der Waals surface area contributed by atoms with Crippen LogP contribution in [0.5, 0.6) is 17.2 Å². The molecule has 0 spiro atoms. The lowest BCUT2D eigenvalue weighted by Gasteiger charge is -2.14. The van der Waals surface area contributed by atoms with Crippen molar-refractivity contribution in [1.82, 2.24) is 24.0 Å². The summed E-state index contributed by atoms with van der Waals surface area (Å²) in [6.07, 6.45) is 1.94. The second-order valence-corrected chi connectivity index (χ2v) is 8.72. The number of aryl methyl sites for hydroxylation is 1. The van der Waals surface area contributed by atoms with Crippen molar-refractivity contribution in [2.75, 3.05) is 25.9 Å². The van der Waals surface area contributed by atoms with Crippen molar-refractivity contribution in [3.05, 3.63) is 64.8 Å². The molecule has 0 aliphatic carbocycles. The summed E-state index contributed by atoms with van der Waals surface area (Å²) in [7, 11) is 1.63. The number of hydrogen-bond acceptors (Lipinski definition) is 7. The van der Waals surface area contributed by atoms with E-state index >= 15 is 0 Å². The van der Waals surface area contributed by atoms with Crippen LogP contribution >= 0.6 is 0 Å². The lowest BCUT2D eigenvalue weighted by molar-refractivity contribution is -0.124. The highest BCUT2D eigenvalue weighted by Crippen LogP contribution is 2.30. The number of carbonyl (C=O) groups is 1. The van der Waals surface area contributed by atoms with Gasteiger partial charge in [-0.05, 0) is 74.2 Å². The minimum absolute atomic E-state index is 0.192. The van der Waals surface area contributed by atoms with Gasteiger partial charge in [0.1, 0.15) is 29.1 Å². The second kappa shape index (κ2) is 9.70. The van der Waals surface area contributed by atoms with E-state index < -0.39 is 0 Å². The summed E-state index contributed by atoms with van der Waals surface area (Å²) in [5, 5.41) is 0. The van der Waals surface area contributed by atoms with Gasteiger partial charge >= 0.3 is 5.69 Å². The van der Waals surface area contributed by atoms with Crippen LogP contribution in [-0.2, 0) is 4.79 Å². The van der Waals surface area contributed by atoms with Gasteiger partial charge in [0.05, 0.1) is 18.8 Å². The number of nitrogens with two attached hydrogens (primary N) is 1. The molecule has 1 aliphatic heterocycles. The standard InChI is InChI=1S/C27H26N6O4/c1-4-5-23(34)31-13-12-19(15-31)33-26-24(25(28)29-16-30-26)32(27(33)35)18-6-8-20(9-7-18)37-21-10-11-22(36-3)17(2)14-21/h6-11,14,16,19H,12-13,15H2,1-3H3,(H2,28,29,30)/t19-/m1/s1. The van der Waals surface area contributed by atoms with Crippen molar-refractivity contribution in [1.29, 1.82) is 0 Å². The SMILES string of the molecule is CC#CC(=O)N1CC[C@@H](n2c(=O)n(-c3ccc(Oc4ccc(OC)c(C)c4)cc3)c3c(N)ncnc32)C1. The Morgan fingerprint density at radius 2 is 1.89 bits per heavy atom. The molecule has 1 amide bonds. The number of anilines is 1. The van der Waals surface area contributed by atoms with Gasteiger partial charge in [-0.1, -0.05) is 5.92 Å². The second-order valence-electron chi connectivity index (χ2n) is 8.72. The third kappa shape index (κ3) is 4.36. The highest BCUT2D eigenvalue weighted by atomic mass is 16.5. The molecule has 0 unspecified atom stereocenters. The molecule has 3 heterocycles. The van der Waals surface area contributed by atoms with Gasteiger partial charge in [0.15, 0.2) is 11.5 Å². The molecule has 4 aromatic rings. The lowest BCUT2D eigenvalue weighted by atomic mass is 10.2. The normalized spacial score (nSPS) is 14.9. The zero-order valence-electron chi connectivity index (χ0n) is 20.8. The van der Waals surface area contributed by atoms with Gasteiger partial charge in [-0.3, -0.25) is 13.9 Å². The summed E-state index contributed by atoms with van der Waals surface area (Å²) >= 11 is 0. The van der Waals surface area contributed by atoms with Crippen LogP contribution in [0, 0.1) is 18.8 Å². The number of benzene rings is 2. The number of nitrogens with zero attached hydrogens (tertiary/aromatic N) is 5. The molecule has 10 nitrogen and oxygen atoms in total. The van der Waals surface area contributed by atoms with E-state index in [0.717, 1.165) is 11.3 Å². The number of carbonyl (C=O) groups excluding carboxylic acids is 1. The number of methoxy groups -OCH3 is 1. The summed E-state index contributed by atoms with van der Waals surface area (Å²) < 4.78 is 14.4. The van der Waals surface area contributed by atoms with Crippen molar-refractivity contribution in [2.24, 2.45) is 0 Å². The van der Waals surface area contributed by atoms with Gasteiger partial charge in [0, 0.05) is 13.1 Å². The molecule has 2 N–H and O–H groups in total. The fourth-order valence-corrected chi connectivity index (χ4v) is 4.67. The molecule has 0 bridgehead atoms. The maximum absolute atomic E-state index is 13.7. The van der Waals surface area contributed by atoms with E-state index in [0.29, 0.717) is 47.9 Å². The summed E-state index contributed by atoms with van der Waals surface area (Å²) in [6.45, 7) is 4.44. The van der Waals surface area contributed by atoms with Crippen LogP contribution in [0.3, 0.4) is 0 Å².